The zero-order valence-corrected chi connectivity index (χ0v) is 10.2. The number of rotatable bonds is 4. The fourth-order valence-corrected chi connectivity index (χ4v) is 2.07. The highest BCUT2D eigenvalue weighted by molar-refractivity contribution is 9.10. The Kier molecular flexibility index (Phi) is 4.38. The Balaban J connectivity index is 3.22. The van der Waals surface area contributed by atoms with Crippen LogP contribution in [0.5, 0.6) is 11.5 Å². The minimum atomic E-state index is -0.431. The summed E-state index contributed by atoms with van der Waals surface area (Å²) in [5.74, 6) is 1.21. The summed E-state index contributed by atoms with van der Waals surface area (Å²) in [7, 11) is 3.12. The summed E-state index contributed by atoms with van der Waals surface area (Å²) >= 11 is 3.38. The third-order valence-electron chi connectivity index (χ3n) is 2.11. The molecule has 0 fully saturated rings. The second-order valence-electron chi connectivity index (χ2n) is 2.99. The molecule has 0 aliphatic carbocycles. The Hall–Kier alpha value is -0.780. The molecule has 1 aromatic rings. The van der Waals surface area contributed by atoms with Gasteiger partial charge in [0, 0.05) is 0 Å². The van der Waals surface area contributed by atoms with Crippen LogP contribution in [0.4, 0.5) is 0 Å². The summed E-state index contributed by atoms with van der Waals surface area (Å²) in [4.78, 5) is 0. The van der Waals surface area contributed by atoms with Crippen LogP contribution in [0.3, 0.4) is 0 Å². The first kappa shape index (κ1) is 12.3. The lowest BCUT2D eigenvalue weighted by molar-refractivity contribution is 0.267. The molecule has 4 nitrogen and oxygen atoms in total. The molecule has 0 unspecified atom stereocenters. The Labute approximate surface area is 97.1 Å². The second-order valence-corrected chi connectivity index (χ2v) is 3.79. The molecule has 0 heterocycles. The van der Waals surface area contributed by atoms with E-state index in [1.54, 1.807) is 26.4 Å². The zero-order chi connectivity index (χ0) is 11.4. The fraction of sp³-hybridized carbons (Fsp3) is 0.400. The van der Waals surface area contributed by atoms with Crippen LogP contribution >= 0.6 is 15.9 Å². The van der Waals surface area contributed by atoms with Crippen molar-refractivity contribution in [1.82, 2.24) is 0 Å². The Bertz CT molecular complexity index is 344. The normalized spacial score (nSPS) is 12.3. The number of aliphatic hydroxyl groups excluding tert-OH is 1. The minimum absolute atomic E-state index is 0.117. The van der Waals surface area contributed by atoms with Gasteiger partial charge in [-0.1, -0.05) is 6.07 Å². The smallest absolute Gasteiger partial charge is 0.175 e. The number of methoxy groups -OCH3 is 2. The van der Waals surface area contributed by atoms with Crippen molar-refractivity contribution in [2.75, 3.05) is 20.8 Å². The molecular weight excluding hydrogens is 262 g/mol. The lowest BCUT2D eigenvalue weighted by Gasteiger charge is -2.16. The largest absolute Gasteiger partial charge is 0.493 e. The molecule has 0 saturated carbocycles. The average molecular weight is 276 g/mol. The van der Waals surface area contributed by atoms with Crippen molar-refractivity contribution in [3.63, 3.8) is 0 Å². The SMILES string of the molecule is COc1ccc([C@H](N)CO)c(Br)c1OC. The number of hydrogen-bond acceptors (Lipinski definition) is 4. The third kappa shape index (κ3) is 2.42. The van der Waals surface area contributed by atoms with Gasteiger partial charge in [-0.3, -0.25) is 0 Å². The number of halogens is 1. The Morgan fingerprint density at radius 3 is 2.53 bits per heavy atom. The van der Waals surface area contributed by atoms with Crippen molar-refractivity contribution >= 4 is 15.9 Å². The number of benzene rings is 1. The maximum atomic E-state index is 8.98. The highest BCUT2D eigenvalue weighted by Gasteiger charge is 2.16. The van der Waals surface area contributed by atoms with Gasteiger partial charge in [-0.15, -0.1) is 0 Å². The highest BCUT2D eigenvalue weighted by atomic mass is 79.9. The van der Waals surface area contributed by atoms with Crippen molar-refractivity contribution in [2.45, 2.75) is 6.04 Å². The molecule has 0 bridgehead atoms. The van der Waals surface area contributed by atoms with Crippen molar-refractivity contribution in [1.29, 1.82) is 0 Å². The maximum absolute atomic E-state index is 8.98. The van der Waals surface area contributed by atoms with E-state index in [9.17, 15) is 0 Å². The molecule has 0 spiro atoms. The van der Waals surface area contributed by atoms with Gasteiger partial charge in [0.1, 0.15) is 0 Å². The molecule has 3 N–H and O–H groups in total. The molecule has 0 aliphatic rings. The molecule has 1 atom stereocenters. The van der Waals surface area contributed by atoms with Crippen LogP contribution in [-0.4, -0.2) is 25.9 Å². The van der Waals surface area contributed by atoms with Crippen LogP contribution in [0.2, 0.25) is 0 Å². The predicted molar refractivity (Wildman–Crippen MR) is 61.3 cm³/mol. The zero-order valence-electron chi connectivity index (χ0n) is 8.66. The predicted octanol–water partition coefficient (Wildman–Crippen LogP) is 1.46. The first-order valence-electron chi connectivity index (χ1n) is 4.42. The fourth-order valence-electron chi connectivity index (χ4n) is 1.29. The minimum Gasteiger partial charge on any atom is -0.493 e. The number of nitrogens with two attached hydrogens (primary N) is 1. The lowest BCUT2D eigenvalue weighted by Crippen LogP contribution is -2.15. The van der Waals surface area contributed by atoms with E-state index in [0.717, 1.165) is 5.56 Å². The van der Waals surface area contributed by atoms with Gasteiger partial charge in [0.05, 0.1) is 31.3 Å². The van der Waals surface area contributed by atoms with Crippen molar-refractivity contribution in [2.24, 2.45) is 5.73 Å². The standard InChI is InChI=1S/C10H14BrNO3/c1-14-8-4-3-6(7(12)5-13)9(11)10(8)15-2/h3-4,7,13H,5,12H2,1-2H3/t7-/m1/s1. The first-order valence-corrected chi connectivity index (χ1v) is 5.21. The first-order chi connectivity index (χ1) is 7.15. The van der Waals surface area contributed by atoms with E-state index >= 15 is 0 Å². The van der Waals surface area contributed by atoms with Gasteiger partial charge in [-0.05, 0) is 27.6 Å². The number of hydrogen-bond donors (Lipinski definition) is 2. The molecule has 84 valence electrons. The van der Waals surface area contributed by atoms with Gasteiger partial charge in [-0.2, -0.15) is 0 Å². The number of ether oxygens (including phenoxy) is 2. The molecule has 1 rings (SSSR count). The van der Waals surface area contributed by atoms with Gasteiger partial charge in [0.2, 0.25) is 0 Å². The van der Waals surface area contributed by atoms with Crippen LogP contribution in [0.25, 0.3) is 0 Å². The summed E-state index contributed by atoms with van der Waals surface area (Å²) in [6.07, 6.45) is 0. The quantitative estimate of drug-likeness (QED) is 0.873. The summed E-state index contributed by atoms with van der Waals surface area (Å²) in [5, 5.41) is 8.98. The Morgan fingerprint density at radius 2 is 2.07 bits per heavy atom. The van der Waals surface area contributed by atoms with Gasteiger partial charge in [0.15, 0.2) is 11.5 Å². The van der Waals surface area contributed by atoms with E-state index in [2.05, 4.69) is 15.9 Å². The molecule has 1 aromatic carbocycles. The lowest BCUT2D eigenvalue weighted by atomic mass is 10.1. The summed E-state index contributed by atoms with van der Waals surface area (Å²) in [6, 6.07) is 3.13. The van der Waals surface area contributed by atoms with E-state index in [-0.39, 0.29) is 6.61 Å². The molecule has 15 heavy (non-hydrogen) atoms. The van der Waals surface area contributed by atoms with E-state index in [1.807, 2.05) is 0 Å². The molecule has 0 radical (unpaired) electrons. The van der Waals surface area contributed by atoms with E-state index in [1.165, 1.54) is 0 Å². The summed E-state index contributed by atoms with van der Waals surface area (Å²) in [6.45, 7) is -0.117. The maximum Gasteiger partial charge on any atom is 0.175 e. The molecule has 0 aromatic heterocycles. The summed E-state index contributed by atoms with van der Waals surface area (Å²) in [5.41, 5.74) is 6.52. The molecular formula is C10H14BrNO3. The van der Waals surface area contributed by atoms with Crippen LogP contribution in [0.15, 0.2) is 16.6 Å². The van der Waals surface area contributed by atoms with E-state index < -0.39 is 6.04 Å². The molecule has 0 amide bonds. The van der Waals surface area contributed by atoms with Crippen LogP contribution in [-0.2, 0) is 0 Å². The Morgan fingerprint density at radius 1 is 1.40 bits per heavy atom. The number of aliphatic hydroxyl groups is 1. The molecule has 0 saturated heterocycles. The second kappa shape index (κ2) is 5.34. The van der Waals surface area contributed by atoms with Gasteiger partial charge in [-0.25, -0.2) is 0 Å². The van der Waals surface area contributed by atoms with Crippen molar-refractivity contribution < 1.29 is 14.6 Å². The van der Waals surface area contributed by atoms with E-state index in [0.29, 0.717) is 16.0 Å². The average Bonchev–Trinajstić information content (AvgIpc) is 2.27. The molecule has 5 heteroatoms. The summed E-state index contributed by atoms with van der Waals surface area (Å²) < 4.78 is 11.0. The monoisotopic (exact) mass is 275 g/mol. The van der Waals surface area contributed by atoms with Crippen LogP contribution in [0, 0.1) is 0 Å². The van der Waals surface area contributed by atoms with Crippen LogP contribution < -0.4 is 15.2 Å². The van der Waals surface area contributed by atoms with Gasteiger partial charge >= 0.3 is 0 Å². The van der Waals surface area contributed by atoms with Crippen molar-refractivity contribution in [3.05, 3.63) is 22.2 Å². The topological polar surface area (TPSA) is 64.7 Å². The van der Waals surface area contributed by atoms with Crippen molar-refractivity contribution in [3.8, 4) is 11.5 Å². The van der Waals surface area contributed by atoms with Gasteiger partial charge in [0.25, 0.3) is 0 Å². The van der Waals surface area contributed by atoms with Crippen LogP contribution in [0.1, 0.15) is 11.6 Å². The highest BCUT2D eigenvalue weighted by Crippen LogP contribution is 2.39. The van der Waals surface area contributed by atoms with Gasteiger partial charge < -0.3 is 20.3 Å². The molecule has 0 aliphatic heterocycles. The van der Waals surface area contributed by atoms with E-state index in [4.69, 9.17) is 20.3 Å². The third-order valence-corrected chi connectivity index (χ3v) is 2.93.